The normalized spacial score (nSPS) is 13.5. The number of benzene rings is 2. The third-order valence-electron chi connectivity index (χ3n) is 6.85. The number of nitrogens with zero attached hydrogens (tertiary/aromatic N) is 4. The van der Waals surface area contributed by atoms with E-state index in [4.69, 9.17) is 25.8 Å². The van der Waals surface area contributed by atoms with Crippen molar-refractivity contribution in [2.75, 3.05) is 57.3 Å². The molecular formula is C31H36ClN6O3P. The van der Waals surface area contributed by atoms with Crippen molar-refractivity contribution in [1.82, 2.24) is 19.9 Å². The maximum Gasteiger partial charge on any atom is 0.229 e. The van der Waals surface area contributed by atoms with E-state index < -0.39 is 0 Å². The van der Waals surface area contributed by atoms with Gasteiger partial charge in [0, 0.05) is 30.6 Å². The van der Waals surface area contributed by atoms with Gasteiger partial charge in [0.05, 0.1) is 19.0 Å². The Bertz CT molecular complexity index is 1490. The molecule has 2 aromatic carbocycles. The molecule has 5 rings (SSSR count). The SMILES string of the molecule is COc1cc(Oc2ccnc(OCCN3CCCCC3)c2)ccc1Nc1ncc(Cl)c(Nc2ccccc2P(C)C)n1. The van der Waals surface area contributed by atoms with E-state index in [1.807, 2.05) is 30.3 Å². The molecule has 0 spiro atoms. The van der Waals surface area contributed by atoms with Crippen LogP contribution in [0.1, 0.15) is 19.3 Å². The Morgan fingerprint density at radius 2 is 1.74 bits per heavy atom. The second-order valence-corrected chi connectivity index (χ2v) is 12.8. The molecule has 3 heterocycles. The molecule has 2 aromatic heterocycles. The Morgan fingerprint density at radius 3 is 2.55 bits per heavy atom. The number of rotatable bonds is 12. The number of halogens is 1. The molecule has 1 saturated heterocycles. The highest BCUT2D eigenvalue weighted by Gasteiger charge is 2.14. The Labute approximate surface area is 253 Å². The van der Waals surface area contributed by atoms with Crippen molar-refractivity contribution in [3.05, 3.63) is 72.0 Å². The maximum atomic E-state index is 6.45. The monoisotopic (exact) mass is 606 g/mol. The van der Waals surface area contributed by atoms with Crippen LogP contribution in [0.5, 0.6) is 23.1 Å². The van der Waals surface area contributed by atoms with Crippen molar-refractivity contribution in [2.24, 2.45) is 0 Å². The first kappa shape index (κ1) is 29.8. The molecule has 0 saturated carbocycles. The molecule has 0 aliphatic carbocycles. The van der Waals surface area contributed by atoms with Crippen LogP contribution in [-0.4, -0.2) is 66.5 Å². The van der Waals surface area contributed by atoms with Crippen molar-refractivity contribution in [1.29, 1.82) is 0 Å². The van der Waals surface area contributed by atoms with Gasteiger partial charge < -0.3 is 24.8 Å². The van der Waals surface area contributed by atoms with E-state index in [-0.39, 0.29) is 7.92 Å². The third kappa shape index (κ3) is 8.00. The van der Waals surface area contributed by atoms with Crippen molar-refractivity contribution in [2.45, 2.75) is 19.3 Å². The lowest BCUT2D eigenvalue weighted by Crippen LogP contribution is -2.33. The zero-order valence-electron chi connectivity index (χ0n) is 24.1. The zero-order chi connectivity index (χ0) is 29.3. The number of aromatic nitrogens is 3. The first-order chi connectivity index (χ1) is 20.5. The summed E-state index contributed by atoms with van der Waals surface area (Å²) in [5, 5.41) is 8.27. The van der Waals surface area contributed by atoms with Gasteiger partial charge in [-0.1, -0.05) is 44.1 Å². The van der Waals surface area contributed by atoms with Crippen molar-refractivity contribution in [3.63, 3.8) is 0 Å². The highest BCUT2D eigenvalue weighted by Crippen LogP contribution is 2.35. The molecule has 0 atom stereocenters. The standard InChI is InChI=1S/C31H36ClN6O3P/c1-39-27-19-22(41-23-13-14-33-29(20-23)40-18-17-38-15-7-4-8-16-38)11-12-25(27)36-31-34-21-24(32)30(37-31)35-26-9-5-6-10-28(26)42(2)3/h5-6,9-14,19-21H,4,7-8,15-18H2,1-3H3,(H2,34,35,36,37). The molecule has 1 aliphatic rings. The lowest BCUT2D eigenvalue weighted by molar-refractivity contribution is 0.180. The topological polar surface area (TPSA) is 93.7 Å². The van der Waals surface area contributed by atoms with Crippen LogP contribution in [0.15, 0.2) is 67.0 Å². The van der Waals surface area contributed by atoms with Crippen LogP contribution < -0.4 is 30.1 Å². The van der Waals surface area contributed by atoms with E-state index in [0.717, 1.165) is 25.3 Å². The number of ether oxygens (including phenoxy) is 3. The van der Waals surface area contributed by atoms with Crippen molar-refractivity contribution < 1.29 is 14.2 Å². The fourth-order valence-electron chi connectivity index (χ4n) is 4.70. The Hall–Kier alpha value is -3.65. The summed E-state index contributed by atoms with van der Waals surface area (Å²) in [5.41, 5.74) is 1.66. The minimum absolute atomic E-state index is 0.311. The van der Waals surface area contributed by atoms with Gasteiger partial charge in [-0.3, -0.25) is 4.90 Å². The summed E-state index contributed by atoms with van der Waals surface area (Å²) in [7, 11) is 1.29. The number of methoxy groups -OCH3 is 1. The van der Waals surface area contributed by atoms with E-state index in [0.29, 0.717) is 52.2 Å². The average Bonchev–Trinajstić information content (AvgIpc) is 3.00. The summed E-state index contributed by atoms with van der Waals surface area (Å²) in [5.74, 6) is 3.23. The molecule has 11 heteroatoms. The van der Waals surface area contributed by atoms with Crippen LogP contribution in [0.3, 0.4) is 0 Å². The van der Waals surface area contributed by atoms with E-state index in [9.17, 15) is 0 Å². The predicted octanol–water partition coefficient (Wildman–Crippen LogP) is 7.04. The van der Waals surface area contributed by atoms with Crippen LogP contribution in [0.4, 0.5) is 23.1 Å². The molecule has 0 bridgehead atoms. The number of nitrogens with one attached hydrogen (secondary N) is 2. The third-order valence-corrected chi connectivity index (χ3v) is 8.48. The van der Waals surface area contributed by atoms with Crippen LogP contribution in [0, 0.1) is 0 Å². The van der Waals surface area contributed by atoms with Gasteiger partial charge in [-0.2, -0.15) is 4.98 Å². The molecule has 0 radical (unpaired) electrons. The Kier molecular flexibility index (Phi) is 10.3. The first-order valence-corrected chi connectivity index (χ1v) is 16.6. The number of hydrogen-bond acceptors (Lipinski definition) is 9. The van der Waals surface area contributed by atoms with Crippen LogP contribution in [-0.2, 0) is 0 Å². The lowest BCUT2D eigenvalue weighted by atomic mass is 10.1. The summed E-state index contributed by atoms with van der Waals surface area (Å²) in [6.07, 6.45) is 7.10. The molecular weight excluding hydrogens is 571 g/mol. The summed E-state index contributed by atoms with van der Waals surface area (Å²) in [6.45, 7) is 8.20. The second kappa shape index (κ2) is 14.5. The molecule has 0 unspecified atom stereocenters. The van der Waals surface area contributed by atoms with Crippen LogP contribution >= 0.6 is 19.5 Å². The predicted molar refractivity (Wildman–Crippen MR) is 172 cm³/mol. The van der Waals surface area contributed by atoms with Gasteiger partial charge in [0.1, 0.15) is 28.9 Å². The quantitative estimate of drug-likeness (QED) is 0.165. The largest absolute Gasteiger partial charge is 0.494 e. The fraction of sp³-hybridized carbons (Fsp3) is 0.323. The number of piperidine rings is 1. The molecule has 220 valence electrons. The van der Waals surface area contributed by atoms with Gasteiger partial charge >= 0.3 is 0 Å². The summed E-state index contributed by atoms with van der Waals surface area (Å²) in [4.78, 5) is 15.7. The molecule has 9 nitrogen and oxygen atoms in total. The number of pyridine rings is 1. The van der Waals surface area contributed by atoms with Gasteiger partial charge in [0.15, 0.2) is 5.82 Å². The summed E-state index contributed by atoms with van der Waals surface area (Å²) >= 11 is 6.45. The number of likely N-dealkylation sites (tertiary alicyclic amines) is 1. The van der Waals surface area contributed by atoms with Gasteiger partial charge in [-0.05, 0) is 68.8 Å². The minimum atomic E-state index is -0.311. The fourth-order valence-corrected chi connectivity index (χ4v) is 5.84. The molecule has 42 heavy (non-hydrogen) atoms. The highest BCUT2D eigenvalue weighted by molar-refractivity contribution is 7.64. The average molecular weight is 607 g/mol. The van der Waals surface area contributed by atoms with Gasteiger partial charge in [0.2, 0.25) is 11.8 Å². The summed E-state index contributed by atoms with van der Waals surface area (Å²) in [6, 6.07) is 17.3. The van der Waals surface area contributed by atoms with E-state index >= 15 is 0 Å². The second-order valence-electron chi connectivity index (χ2n) is 10.1. The molecule has 2 N–H and O–H groups in total. The summed E-state index contributed by atoms with van der Waals surface area (Å²) < 4.78 is 17.6. The lowest BCUT2D eigenvalue weighted by Gasteiger charge is -2.26. The zero-order valence-corrected chi connectivity index (χ0v) is 25.8. The molecule has 1 aliphatic heterocycles. The van der Waals surface area contributed by atoms with Gasteiger partial charge in [-0.25, -0.2) is 9.97 Å². The number of anilines is 4. The Balaban J connectivity index is 1.24. The minimum Gasteiger partial charge on any atom is -0.494 e. The maximum absolute atomic E-state index is 6.45. The first-order valence-electron chi connectivity index (χ1n) is 14.0. The molecule has 4 aromatic rings. The smallest absolute Gasteiger partial charge is 0.229 e. The van der Waals surface area contributed by atoms with Gasteiger partial charge in [-0.15, -0.1) is 0 Å². The van der Waals surface area contributed by atoms with Crippen molar-refractivity contribution in [3.8, 4) is 23.1 Å². The van der Waals surface area contributed by atoms with Crippen molar-refractivity contribution >= 4 is 48.0 Å². The number of hydrogen-bond donors (Lipinski definition) is 2. The van der Waals surface area contributed by atoms with Gasteiger partial charge in [0.25, 0.3) is 0 Å². The number of para-hydroxylation sites is 1. The van der Waals surface area contributed by atoms with Crippen LogP contribution in [0.2, 0.25) is 5.02 Å². The van der Waals surface area contributed by atoms with E-state index in [1.165, 1.54) is 24.6 Å². The highest BCUT2D eigenvalue weighted by atomic mass is 35.5. The molecule has 1 fully saturated rings. The van der Waals surface area contributed by atoms with Crippen LogP contribution in [0.25, 0.3) is 0 Å². The van der Waals surface area contributed by atoms with E-state index in [1.54, 1.807) is 37.7 Å². The Morgan fingerprint density at radius 1 is 0.929 bits per heavy atom. The molecule has 0 amide bonds. The van der Waals surface area contributed by atoms with E-state index in [2.05, 4.69) is 49.9 Å².